The first-order valence-electron chi connectivity index (χ1n) is 9.10. The number of anilines is 2. The first-order valence-corrected chi connectivity index (χ1v) is 9.10. The van der Waals surface area contributed by atoms with E-state index in [1.165, 1.54) is 12.1 Å². The standard InChI is InChI=1S/C21H21FN4O/c22-17-4-3-5-18(14-17)24-21(27)16-8-12-26(13-9-16)20-7-6-19(15-23-20)25-10-1-2-11-25/h1-7,10-11,14-16H,8-9,12-13H2,(H,24,27). The Morgan fingerprint density at radius 1 is 1.07 bits per heavy atom. The molecular weight excluding hydrogens is 343 g/mol. The van der Waals surface area contributed by atoms with Crippen LogP contribution in [0.15, 0.2) is 67.1 Å². The molecule has 0 saturated carbocycles. The maximum Gasteiger partial charge on any atom is 0.227 e. The van der Waals surface area contributed by atoms with E-state index in [2.05, 4.69) is 15.2 Å². The van der Waals surface area contributed by atoms with Crippen LogP contribution in [0.25, 0.3) is 5.69 Å². The van der Waals surface area contributed by atoms with Crippen molar-refractivity contribution in [1.82, 2.24) is 9.55 Å². The summed E-state index contributed by atoms with van der Waals surface area (Å²) in [7, 11) is 0. The molecule has 1 saturated heterocycles. The van der Waals surface area contributed by atoms with Crippen molar-refractivity contribution in [2.45, 2.75) is 12.8 Å². The number of rotatable bonds is 4. The van der Waals surface area contributed by atoms with Crippen LogP contribution in [0.3, 0.4) is 0 Å². The van der Waals surface area contributed by atoms with Crippen molar-refractivity contribution in [3.63, 3.8) is 0 Å². The number of nitrogens with one attached hydrogen (secondary N) is 1. The third-order valence-electron chi connectivity index (χ3n) is 4.92. The van der Waals surface area contributed by atoms with Gasteiger partial charge in [-0.2, -0.15) is 0 Å². The Morgan fingerprint density at radius 2 is 1.85 bits per heavy atom. The Kier molecular flexibility index (Phi) is 4.87. The number of amides is 1. The minimum absolute atomic E-state index is 0.0452. The van der Waals surface area contributed by atoms with Gasteiger partial charge in [-0.1, -0.05) is 6.07 Å². The van der Waals surface area contributed by atoms with Crippen LogP contribution in [0.4, 0.5) is 15.9 Å². The predicted octanol–water partition coefficient (Wildman–Crippen LogP) is 3.87. The van der Waals surface area contributed by atoms with Gasteiger partial charge in [-0.05, 0) is 55.3 Å². The van der Waals surface area contributed by atoms with Gasteiger partial charge in [0.25, 0.3) is 0 Å². The molecule has 0 aliphatic carbocycles. The van der Waals surface area contributed by atoms with Gasteiger partial charge < -0.3 is 14.8 Å². The molecule has 0 bridgehead atoms. The van der Waals surface area contributed by atoms with Crippen LogP contribution in [-0.2, 0) is 4.79 Å². The van der Waals surface area contributed by atoms with Crippen molar-refractivity contribution in [1.29, 1.82) is 0 Å². The number of halogens is 1. The molecule has 1 aliphatic heterocycles. The maximum absolute atomic E-state index is 13.3. The summed E-state index contributed by atoms with van der Waals surface area (Å²) < 4.78 is 15.3. The van der Waals surface area contributed by atoms with Crippen LogP contribution in [0, 0.1) is 11.7 Å². The van der Waals surface area contributed by atoms with Gasteiger partial charge in [0.2, 0.25) is 5.91 Å². The SMILES string of the molecule is O=C(Nc1cccc(F)c1)C1CCN(c2ccc(-n3cccc3)cn2)CC1. The highest BCUT2D eigenvalue weighted by Crippen LogP contribution is 2.24. The molecule has 1 fully saturated rings. The van der Waals surface area contributed by atoms with Gasteiger partial charge in [0.15, 0.2) is 0 Å². The van der Waals surface area contributed by atoms with Gasteiger partial charge in [-0.3, -0.25) is 4.79 Å². The number of benzene rings is 1. The average Bonchev–Trinajstić information content (AvgIpc) is 3.23. The van der Waals surface area contributed by atoms with E-state index in [0.29, 0.717) is 5.69 Å². The molecule has 1 N–H and O–H groups in total. The Bertz CT molecular complexity index is 900. The van der Waals surface area contributed by atoms with Gasteiger partial charge in [0.05, 0.1) is 11.9 Å². The summed E-state index contributed by atoms with van der Waals surface area (Å²) in [5.41, 5.74) is 1.53. The quantitative estimate of drug-likeness (QED) is 0.765. The van der Waals surface area contributed by atoms with Crippen molar-refractivity contribution >= 4 is 17.4 Å². The summed E-state index contributed by atoms with van der Waals surface area (Å²) in [5, 5.41) is 2.81. The van der Waals surface area contributed by atoms with Gasteiger partial charge in [0.1, 0.15) is 11.6 Å². The van der Waals surface area contributed by atoms with Crippen molar-refractivity contribution in [3.05, 3.63) is 72.9 Å². The summed E-state index contributed by atoms with van der Waals surface area (Å²) in [6.45, 7) is 1.55. The molecule has 1 aliphatic rings. The highest BCUT2D eigenvalue weighted by Gasteiger charge is 2.25. The molecule has 0 spiro atoms. The van der Waals surface area contributed by atoms with Gasteiger partial charge >= 0.3 is 0 Å². The number of piperidine rings is 1. The molecular formula is C21H21FN4O. The maximum atomic E-state index is 13.3. The second-order valence-electron chi connectivity index (χ2n) is 6.73. The summed E-state index contributed by atoms with van der Waals surface area (Å²) in [5.74, 6) is 0.465. The van der Waals surface area contributed by atoms with Crippen LogP contribution < -0.4 is 10.2 Å². The van der Waals surface area contributed by atoms with E-state index < -0.39 is 0 Å². The number of hydrogen-bond acceptors (Lipinski definition) is 3. The van der Waals surface area contributed by atoms with Crippen LogP contribution in [0.5, 0.6) is 0 Å². The largest absolute Gasteiger partial charge is 0.357 e. The zero-order chi connectivity index (χ0) is 18.6. The van der Waals surface area contributed by atoms with E-state index in [1.54, 1.807) is 12.1 Å². The summed E-state index contributed by atoms with van der Waals surface area (Å²) in [6, 6.07) is 14.0. The highest BCUT2D eigenvalue weighted by molar-refractivity contribution is 5.92. The fraction of sp³-hybridized carbons (Fsp3) is 0.238. The van der Waals surface area contributed by atoms with Crippen LogP contribution in [-0.4, -0.2) is 28.5 Å². The van der Waals surface area contributed by atoms with Crippen LogP contribution in [0.2, 0.25) is 0 Å². The first kappa shape index (κ1) is 17.3. The summed E-state index contributed by atoms with van der Waals surface area (Å²) in [6.07, 6.45) is 7.33. The number of aromatic nitrogens is 2. The van der Waals surface area contributed by atoms with Gasteiger partial charge in [-0.25, -0.2) is 9.37 Å². The Labute approximate surface area is 157 Å². The monoisotopic (exact) mass is 364 g/mol. The summed E-state index contributed by atoms with van der Waals surface area (Å²) >= 11 is 0. The molecule has 6 heteroatoms. The van der Waals surface area contributed by atoms with Crippen molar-refractivity contribution < 1.29 is 9.18 Å². The number of hydrogen-bond donors (Lipinski definition) is 1. The first-order chi connectivity index (χ1) is 13.2. The molecule has 3 heterocycles. The Hall–Kier alpha value is -3.15. The third-order valence-corrected chi connectivity index (χ3v) is 4.92. The molecule has 1 amide bonds. The lowest BCUT2D eigenvalue weighted by molar-refractivity contribution is -0.120. The average molecular weight is 364 g/mol. The molecule has 3 aromatic rings. The molecule has 0 unspecified atom stereocenters. The minimum Gasteiger partial charge on any atom is -0.357 e. The van der Waals surface area contributed by atoms with Crippen LogP contribution >= 0.6 is 0 Å². The van der Waals surface area contributed by atoms with Crippen molar-refractivity contribution in [3.8, 4) is 5.69 Å². The van der Waals surface area contributed by atoms with Gasteiger partial charge in [0, 0.05) is 37.1 Å². The second kappa shape index (κ2) is 7.61. The zero-order valence-electron chi connectivity index (χ0n) is 14.9. The normalized spacial score (nSPS) is 14.9. The molecule has 0 radical (unpaired) electrons. The van der Waals surface area contributed by atoms with E-state index in [0.717, 1.165) is 37.4 Å². The third kappa shape index (κ3) is 4.00. The molecule has 0 atom stereocenters. The highest BCUT2D eigenvalue weighted by atomic mass is 19.1. The fourth-order valence-electron chi connectivity index (χ4n) is 3.41. The smallest absolute Gasteiger partial charge is 0.227 e. The van der Waals surface area contributed by atoms with Crippen molar-refractivity contribution in [2.24, 2.45) is 5.92 Å². The molecule has 1 aromatic carbocycles. The lowest BCUT2D eigenvalue weighted by atomic mass is 9.95. The second-order valence-corrected chi connectivity index (χ2v) is 6.73. The number of carbonyl (C=O) groups is 1. The lowest BCUT2D eigenvalue weighted by Gasteiger charge is -2.32. The van der Waals surface area contributed by atoms with Crippen molar-refractivity contribution in [2.75, 3.05) is 23.3 Å². The van der Waals surface area contributed by atoms with Crippen LogP contribution in [0.1, 0.15) is 12.8 Å². The zero-order valence-corrected chi connectivity index (χ0v) is 14.9. The molecule has 138 valence electrons. The molecule has 4 rings (SSSR count). The number of carbonyl (C=O) groups excluding carboxylic acids is 1. The number of nitrogens with zero attached hydrogens (tertiary/aromatic N) is 3. The van der Waals surface area contributed by atoms with E-state index >= 15 is 0 Å². The van der Waals surface area contributed by atoms with E-state index in [9.17, 15) is 9.18 Å². The van der Waals surface area contributed by atoms with E-state index in [4.69, 9.17) is 0 Å². The molecule has 5 nitrogen and oxygen atoms in total. The number of pyridine rings is 1. The Morgan fingerprint density at radius 3 is 2.52 bits per heavy atom. The predicted molar refractivity (Wildman–Crippen MR) is 104 cm³/mol. The van der Waals surface area contributed by atoms with E-state index in [-0.39, 0.29) is 17.6 Å². The molecule has 2 aromatic heterocycles. The Balaban J connectivity index is 1.34. The van der Waals surface area contributed by atoms with Gasteiger partial charge in [-0.15, -0.1) is 0 Å². The molecule has 27 heavy (non-hydrogen) atoms. The van der Waals surface area contributed by atoms with E-state index in [1.807, 2.05) is 47.4 Å². The minimum atomic E-state index is -0.350. The summed E-state index contributed by atoms with van der Waals surface area (Å²) in [4.78, 5) is 19.2. The lowest BCUT2D eigenvalue weighted by Crippen LogP contribution is -2.38. The fourth-order valence-corrected chi connectivity index (χ4v) is 3.41. The topological polar surface area (TPSA) is 50.2 Å².